The molecule has 0 aliphatic heterocycles. The van der Waals surface area contributed by atoms with Gasteiger partial charge < -0.3 is 38.3 Å². The van der Waals surface area contributed by atoms with Gasteiger partial charge in [0.25, 0.3) is 0 Å². The van der Waals surface area contributed by atoms with Crippen LogP contribution in [0.2, 0.25) is 0 Å². The second-order valence-corrected chi connectivity index (χ2v) is 7.39. The van der Waals surface area contributed by atoms with Gasteiger partial charge in [0.1, 0.15) is 12.1 Å². The highest BCUT2D eigenvalue weighted by atomic mass is 32.1. The maximum Gasteiger partial charge on any atom is 0.327 e. The first-order chi connectivity index (χ1) is 14.6. The number of carboxylic acid groups (broad SMARTS) is 1. The molecule has 0 radical (unpaired) electrons. The highest BCUT2D eigenvalue weighted by Crippen LogP contribution is 2.01. The second-order valence-electron chi connectivity index (χ2n) is 7.03. The standard InChI is InChI=1S/C18H35N7O5S/c1-11(24-16(28)12(19)6-5-9-23-18(20)21)15(27)22-8-4-2-3-7-14(26)25-13(10-31)17(29)30/h11-13,31H,2-10,19H2,1H3,(H,22,27)(H,24,28)(H,25,26)(H,29,30)(H4,20,21,23)/t11-,12-,13-/m0/s1. The predicted octanol–water partition coefficient (Wildman–Crippen LogP) is -1.95. The van der Waals surface area contributed by atoms with Gasteiger partial charge in [-0.3, -0.25) is 19.4 Å². The van der Waals surface area contributed by atoms with E-state index in [0.717, 1.165) is 0 Å². The van der Waals surface area contributed by atoms with Crippen LogP contribution in [-0.4, -0.2) is 71.7 Å². The van der Waals surface area contributed by atoms with Crippen molar-refractivity contribution < 1.29 is 24.3 Å². The molecule has 0 fully saturated rings. The Kier molecular flexibility index (Phi) is 14.9. The van der Waals surface area contributed by atoms with Gasteiger partial charge in [-0.2, -0.15) is 12.6 Å². The Morgan fingerprint density at radius 3 is 2.29 bits per heavy atom. The molecule has 0 saturated heterocycles. The number of unbranched alkanes of at least 4 members (excludes halogenated alkanes) is 2. The fourth-order valence-corrected chi connectivity index (χ4v) is 2.69. The van der Waals surface area contributed by atoms with Crippen molar-refractivity contribution in [1.29, 1.82) is 0 Å². The molecule has 0 rings (SSSR count). The summed E-state index contributed by atoms with van der Waals surface area (Å²) in [4.78, 5) is 50.4. The molecule has 31 heavy (non-hydrogen) atoms. The van der Waals surface area contributed by atoms with Gasteiger partial charge in [-0.25, -0.2) is 4.79 Å². The number of nitrogens with two attached hydrogens (primary N) is 3. The van der Waals surface area contributed by atoms with Crippen LogP contribution >= 0.6 is 12.6 Å². The molecule has 0 unspecified atom stereocenters. The summed E-state index contributed by atoms with van der Waals surface area (Å²) < 4.78 is 0. The van der Waals surface area contributed by atoms with Gasteiger partial charge in [-0.1, -0.05) is 6.42 Å². The minimum atomic E-state index is -1.13. The molecule has 0 spiro atoms. The number of hydrogen-bond acceptors (Lipinski definition) is 7. The fourth-order valence-electron chi connectivity index (χ4n) is 2.44. The van der Waals surface area contributed by atoms with E-state index in [0.29, 0.717) is 45.2 Å². The molecule has 178 valence electrons. The number of hydrogen-bond donors (Lipinski definition) is 8. The van der Waals surface area contributed by atoms with Crippen LogP contribution in [0.5, 0.6) is 0 Å². The Morgan fingerprint density at radius 1 is 1.03 bits per heavy atom. The van der Waals surface area contributed by atoms with Gasteiger partial charge in [-0.15, -0.1) is 0 Å². The first-order valence-electron chi connectivity index (χ1n) is 10.1. The summed E-state index contributed by atoms with van der Waals surface area (Å²) in [7, 11) is 0. The summed E-state index contributed by atoms with van der Waals surface area (Å²) in [6, 6.07) is -2.51. The minimum Gasteiger partial charge on any atom is -0.480 e. The van der Waals surface area contributed by atoms with E-state index in [1.807, 2.05) is 0 Å². The third-order valence-electron chi connectivity index (χ3n) is 4.25. The Bertz CT molecular complexity index is 628. The van der Waals surface area contributed by atoms with E-state index in [9.17, 15) is 19.2 Å². The summed E-state index contributed by atoms with van der Waals surface area (Å²) in [5.74, 6) is -2.25. The molecule has 0 heterocycles. The fraction of sp³-hybridized carbons (Fsp3) is 0.722. The number of amides is 3. The number of carbonyl (C=O) groups excluding carboxylic acids is 3. The number of guanidine groups is 1. The summed E-state index contributed by atoms with van der Waals surface area (Å²) in [5.41, 5.74) is 16.2. The number of carboxylic acids is 1. The summed E-state index contributed by atoms with van der Waals surface area (Å²) in [6.07, 6.45) is 2.98. The zero-order chi connectivity index (χ0) is 23.8. The number of thiol groups is 1. The molecule has 12 nitrogen and oxygen atoms in total. The zero-order valence-corrected chi connectivity index (χ0v) is 18.7. The van der Waals surface area contributed by atoms with Gasteiger partial charge in [0.2, 0.25) is 17.7 Å². The summed E-state index contributed by atoms with van der Waals surface area (Å²) >= 11 is 3.88. The van der Waals surface area contributed by atoms with E-state index >= 15 is 0 Å². The Balaban J connectivity index is 3.96. The predicted molar refractivity (Wildman–Crippen MR) is 120 cm³/mol. The van der Waals surface area contributed by atoms with Crippen molar-refractivity contribution in [1.82, 2.24) is 16.0 Å². The molecule has 10 N–H and O–H groups in total. The molecule has 3 amide bonds. The van der Waals surface area contributed by atoms with E-state index < -0.39 is 30.0 Å². The van der Waals surface area contributed by atoms with Crippen molar-refractivity contribution in [2.24, 2.45) is 22.2 Å². The minimum absolute atomic E-state index is 0.0185. The SMILES string of the molecule is C[C@H](NC(=O)[C@@H](N)CCCN=C(N)N)C(=O)NCCCCCC(=O)N[C@@H](CS)C(=O)O. The number of aliphatic carboxylic acids is 1. The highest BCUT2D eigenvalue weighted by molar-refractivity contribution is 7.80. The normalized spacial score (nSPS) is 13.4. The Labute approximate surface area is 187 Å². The lowest BCUT2D eigenvalue weighted by atomic mass is 10.1. The van der Waals surface area contributed by atoms with Crippen LogP contribution in [0.4, 0.5) is 0 Å². The molecular weight excluding hydrogens is 426 g/mol. The Morgan fingerprint density at radius 2 is 1.71 bits per heavy atom. The molecule has 3 atom stereocenters. The van der Waals surface area contributed by atoms with Gasteiger partial charge in [0, 0.05) is 25.3 Å². The average Bonchev–Trinajstić information content (AvgIpc) is 2.70. The lowest BCUT2D eigenvalue weighted by Gasteiger charge is -2.17. The van der Waals surface area contributed by atoms with E-state index in [1.54, 1.807) is 6.92 Å². The van der Waals surface area contributed by atoms with Gasteiger partial charge in [0.05, 0.1) is 6.04 Å². The molecule has 0 aromatic rings. The third-order valence-corrected chi connectivity index (χ3v) is 4.62. The summed E-state index contributed by atoms with van der Waals surface area (Å²) in [6.45, 7) is 2.32. The second kappa shape index (κ2) is 16.2. The van der Waals surface area contributed by atoms with Crippen LogP contribution in [0.3, 0.4) is 0 Å². The first kappa shape index (κ1) is 28.5. The maximum atomic E-state index is 12.1. The molecular formula is C18H35N7O5S. The zero-order valence-electron chi connectivity index (χ0n) is 17.8. The number of nitrogens with one attached hydrogen (secondary N) is 3. The van der Waals surface area contributed by atoms with Crippen LogP contribution in [0, 0.1) is 0 Å². The van der Waals surface area contributed by atoms with Gasteiger partial charge >= 0.3 is 5.97 Å². The van der Waals surface area contributed by atoms with Crippen molar-refractivity contribution in [2.45, 2.75) is 63.6 Å². The summed E-state index contributed by atoms with van der Waals surface area (Å²) in [5, 5.41) is 16.5. The first-order valence-corrected chi connectivity index (χ1v) is 10.7. The molecule has 0 saturated carbocycles. The lowest BCUT2D eigenvalue weighted by molar-refractivity contribution is -0.141. The molecule has 0 aromatic heterocycles. The van der Waals surface area contributed by atoms with E-state index in [2.05, 4.69) is 33.6 Å². The average molecular weight is 462 g/mol. The number of aliphatic imine (C=N–C) groups is 1. The lowest BCUT2D eigenvalue weighted by Crippen LogP contribution is -2.50. The van der Waals surface area contributed by atoms with Crippen LogP contribution in [0.25, 0.3) is 0 Å². The quantitative estimate of drug-likeness (QED) is 0.0558. The topological polar surface area (TPSA) is 215 Å². The molecule has 0 bridgehead atoms. The smallest absolute Gasteiger partial charge is 0.327 e. The largest absolute Gasteiger partial charge is 0.480 e. The molecule has 0 aliphatic carbocycles. The van der Waals surface area contributed by atoms with E-state index in [1.165, 1.54) is 0 Å². The number of rotatable bonds is 16. The van der Waals surface area contributed by atoms with Gasteiger partial charge in [-0.05, 0) is 32.6 Å². The van der Waals surface area contributed by atoms with E-state index in [4.69, 9.17) is 22.3 Å². The molecule has 0 aromatic carbocycles. The van der Waals surface area contributed by atoms with Crippen LogP contribution in [0.1, 0.15) is 45.4 Å². The number of nitrogens with zero attached hydrogens (tertiary/aromatic N) is 1. The van der Waals surface area contributed by atoms with Gasteiger partial charge in [0.15, 0.2) is 5.96 Å². The molecule has 0 aliphatic rings. The van der Waals surface area contributed by atoms with E-state index in [-0.39, 0.29) is 29.9 Å². The monoisotopic (exact) mass is 461 g/mol. The van der Waals surface area contributed by atoms with Crippen LogP contribution in [-0.2, 0) is 19.2 Å². The maximum absolute atomic E-state index is 12.1. The number of carbonyl (C=O) groups is 4. The van der Waals surface area contributed by atoms with Crippen molar-refractivity contribution >= 4 is 42.3 Å². The Hall–Kier alpha value is -2.54. The highest BCUT2D eigenvalue weighted by Gasteiger charge is 2.20. The van der Waals surface area contributed by atoms with Crippen molar-refractivity contribution in [2.75, 3.05) is 18.8 Å². The van der Waals surface area contributed by atoms with Crippen LogP contribution < -0.4 is 33.2 Å². The van der Waals surface area contributed by atoms with Crippen molar-refractivity contribution in [3.8, 4) is 0 Å². The van der Waals surface area contributed by atoms with Crippen molar-refractivity contribution in [3.63, 3.8) is 0 Å². The van der Waals surface area contributed by atoms with Crippen LogP contribution in [0.15, 0.2) is 4.99 Å². The third kappa shape index (κ3) is 14.2. The van der Waals surface area contributed by atoms with Crippen molar-refractivity contribution in [3.05, 3.63) is 0 Å². The molecule has 13 heteroatoms.